The van der Waals surface area contributed by atoms with Gasteiger partial charge < -0.3 is 10.6 Å². The number of anilines is 2. The quantitative estimate of drug-likeness (QED) is 0.908. The van der Waals surface area contributed by atoms with Gasteiger partial charge in [0.25, 0.3) is 5.91 Å². The Hall–Kier alpha value is -2.14. The summed E-state index contributed by atoms with van der Waals surface area (Å²) in [5, 5.41) is 14.2. The van der Waals surface area contributed by atoms with Gasteiger partial charge in [-0.2, -0.15) is 0 Å². The molecule has 1 amide bonds. The molecule has 0 aliphatic heterocycles. The van der Waals surface area contributed by atoms with Gasteiger partial charge in [0.15, 0.2) is 5.69 Å². The average molecular weight is 291 g/mol. The molecule has 0 bridgehead atoms. The Morgan fingerprint density at radius 2 is 2.05 bits per heavy atom. The fourth-order valence-electron chi connectivity index (χ4n) is 1.66. The minimum atomic E-state index is -0.314. The lowest BCUT2D eigenvalue weighted by atomic mass is 10.2. The van der Waals surface area contributed by atoms with Crippen molar-refractivity contribution >= 4 is 29.0 Å². The van der Waals surface area contributed by atoms with E-state index in [0.29, 0.717) is 16.5 Å². The van der Waals surface area contributed by atoms with Crippen LogP contribution in [0.1, 0.15) is 23.0 Å². The summed E-state index contributed by atoms with van der Waals surface area (Å²) in [4.78, 5) is 12.1. The lowest BCUT2D eigenvalue weighted by Crippen LogP contribution is -2.15. The van der Waals surface area contributed by atoms with E-state index >= 15 is 0 Å². The van der Waals surface area contributed by atoms with E-state index in [0.717, 1.165) is 12.1 Å². The van der Waals surface area contributed by atoms with Crippen LogP contribution in [-0.4, -0.2) is 22.6 Å². The Bertz CT molecular complexity index is 613. The Morgan fingerprint density at radius 1 is 1.25 bits per heavy atom. The molecule has 0 spiro atoms. The highest BCUT2D eigenvalue weighted by atomic mass is 35.5. The maximum atomic E-state index is 12.1. The summed E-state index contributed by atoms with van der Waals surface area (Å²) in [6, 6.07) is 8.69. The SMILES string of the molecule is CCNc1ccc(C(=O)Nc2cccc(Cl)c2C)nn1. The number of amides is 1. The van der Waals surface area contributed by atoms with Crippen LogP contribution in [0.25, 0.3) is 0 Å². The molecule has 5 nitrogen and oxygen atoms in total. The standard InChI is InChI=1S/C14H15ClN4O/c1-3-16-13-8-7-12(18-19-13)14(20)17-11-6-4-5-10(15)9(11)2/h4-8H,3H2,1-2H3,(H,16,19)(H,17,20). The van der Waals surface area contributed by atoms with Gasteiger partial charge in [0.05, 0.1) is 0 Å². The maximum Gasteiger partial charge on any atom is 0.276 e. The van der Waals surface area contributed by atoms with E-state index in [1.807, 2.05) is 13.8 Å². The molecule has 0 aliphatic carbocycles. The third-order valence-corrected chi connectivity index (χ3v) is 3.18. The zero-order valence-corrected chi connectivity index (χ0v) is 12.0. The predicted octanol–water partition coefficient (Wildman–Crippen LogP) is 3.12. The van der Waals surface area contributed by atoms with Gasteiger partial charge >= 0.3 is 0 Å². The van der Waals surface area contributed by atoms with Crippen molar-refractivity contribution in [3.63, 3.8) is 0 Å². The number of rotatable bonds is 4. The molecule has 0 fully saturated rings. The number of halogens is 1. The van der Waals surface area contributed by atoms with Gasteiger partial charge in [-0.25, -0.2) is 0 Å². The van der Waals surface area contributed by atoms with Gasteiger partial charge in [0.2, 0.25) is 0 Å². The number of carbonyl (C=O) groups is 1. The molecule has 104 valence electrons. The third-order valence-electron chi connectivity index (χ3n) is 2.77. The van der Waals surface area contributed by atoms with Crippen LogP contribution in [0.5, 0.6) is 0 Å². The molecule has 0 saturated carbocycles. The molecule has 6 heteroatoms. The van der Waals surface area contributed by atoms with Crippen molar-refractivity contribution in [3.05, 3.63) is 46.6 Å². The molecule has 1 heterocycles. The smallest absolute Gasteiger partial charge is 0.276 e. The van der Waals surface area contributed by atoms with Crippen molar-refractivity contribution < 1.29 is 4.79 Å². The summed E-state index contributed by atoms with van der Waals surface area (Å²) in [6.07, 6.45) is 0. The zero-order chi connectivity index (χ0) is 14.5. The lowest BCUT2D eigenvalue weighted by Gasteiger charge is -2.09. The summed E-state index contributed by atoms with van der Waals surface area (Å²) in [5.74, 6) is 0.328. The molecule has 2 aromatic rings. The van der Waals surface area contributed by atoms with Gasteiger partial charge in [0, 0.05) is 17.3 Å². The van der Waals surface area contributed by atoms with Crippen LogP contribution in [0.3, 0.4) is 0 Å². The average Bonchev–Trinajstić information content (AvgIpc) is 2.45. The van der Waals surface area contributed by atoms with Gasteiger partial charge in [0.1, 0.15) is 5.82 Å². The minimum Gasteiger partial charge on any atom is -0.369 e. The van der Waals surface area contributed by atoms with E-state index in [1.54, 1.807) is 30.3 Å². The van der Waals surface area contributed by atoms with Crippen LogP contribution in [0, 0.1) is 6.92 Å². The van der Waals surface area contributed by atoms with Crippen molar-refractivity contribution in [2.75, 3.05) is 17.2 Å². The fraction of sp³-hybridized carbons (Fsp3) is 0.214. The predicted molar refractivity (Wildman–Crippen MR) is 80.3 cm³/mol. The molecule has 2 rings (SSSR count). The van der Waals surface area contributed by atoms with Crippen LogP contribution in [-0.2, 0) is 0 Å². The highest BCUT2D eigenvalue weighted by molar-refractivity contribution is 6.31. The normalized spacial score (nSPS) is 10.2. The Balaban J connectivity index is 2.13. The molecule has 0 radical (unpaired) electrons. The van der Waals surface area contributed by atoms with Crippen molar-refractivity contribution in [1.82, 2.24) is 10.2 Å². The molecule has 0 aliphatic rings. The number of hydrogen-bond acceptors (Lipinski definition) is 4. The third kappa shape index (κ3) is 3.24. The first-order valence-corrected chi connectivity index (χ1v) is 6.63. The Labute approximate surface area is 122 Å². The van der Waals surface area contributed by atoms with Gasteiger partial charge in [-0.15, -0.1) is 10.2 Å². The van der Waals surface area contributed by atoms with Crippen molar-refractivity contribution in [3.8, 4) is 0 Å². The van der Waals surface area contributed by atoms with Gasteiger partial charge in [-0.1, -0.05) is 17.7 Å². The monoisotopic (exact) mass is 290 g/mol. The van der Waals surface area contributed by atoms with Crippen molar-refractivity contribution in [2.45, 2.75) is 13.8 Å². The summed E-state index contributed by atoms with van der Waals surface area (Å²) in [5.41, 5.74) is 1.74. The fourth-order valence-corrected chi connectivity index (χ4v) is 1.83. The van der Waals surface area contributed by atoms with E-state index < -0.39 is 0 Å². The highest BCUT2D eigenvalue weighted by Gasteiger charge is 2.10. The second-order valence-electron chi connectivity index (χ2n) is 4.20. The molecule has 2 N–H and O–H groups in total. The molecule has 0 saturated heterocycles. The first-order valence-electron chi connectivity index (χ1n) is 6.26. The second-order valence-corrected chi connectivity index (χ2v) is 4.61. The van der Waals surface area contributed by atoms with Crippen LogP contribution >= 0.6 is 11.6 Å². The topological polar surface area (TPSA) is 66.9 Å². The molecule has 0 unspecified atom stereocenters. The second kappa shape index (κ2) is 6.34. The minimum absolute atomic E-state index is 0.256. The van der Waals surface area contributed by atoms with E-state index in [-0.39, 0.29) is 11.6 Å². The molecule has 0 atom stereocenters. The summed E-state index contributed by atoms with van der Waals surface area (Å²) in [6.45, 7) is 4.56. The maximum absolute atomic E-state index is 12.1. The molecule has 20 heavy (non-hydrogen) atoms. The van der Waals surface area contributed by atoms with E-state index in [4.69, 9.17) is 11.6 Å². The highest BCUT2D eigenvalue weighted by Crippen LogP contribution is 2.23. The first-order chi connectivity index (χ1) is 9.61. The van der Waals surface area contributed by atoms with Crippen LogP contribution in [0.4, 0.5) is 11.5 Å². The molecular formula is C14H15ClN4O. The van der Waals surface area contributed by atoms with E-state index in [1.165, 1.54) is 0 Å². The van der Waals surface area contributed by atoms with Crippen LogP contribution in [0.2, 0.25) is 5.02 Å². The number of benzene rings is 1. The number of hydrogen-bond donors (Lipinski definition) is 2. The van der Waals surface area contributed by atoms with Crippen molar-refractivity contribution in [2.24, 2.45) is 0 Å². The van der Waals surface area contributed by atoms with Gasteiger partial charge in [-0.05, 0) is 43.7 Å². The first kappa shape index (κ1) is 14.3. The number of nitrogens with one attached hydrogen (secondary N) is 2. The Morgan fingerprint density at radius 3 is 2.70 bits per heavy atom. The molecule has 1 aromatic heterocycles. The molecular weight excluding hydrogens is 276 g/mol. The van der Waals surface area contributed by atoms with Crippen molar-refractivity contribution in [1.29, 1.82) is 0 Å². The molecule has 1 aromatic carbocycles. The van der Waals surface area contributed by atoms with E-state index in [2.05, 4.69) is 20.8 Å². The van der Waals surface area contributed by atoms with Gasteiger partial charge in [-0.3, -0.25) is 4.79 Å². The summed E-state index contributed by atoms with van der Waals surface area (Å²) in [7, 11) is 0. The summed E-state index contributed by atoms with van der Waals surface area (Å²) < 4.78 is 0. The van der Waals surface area contributed by atoms with E-state index in [9.17, 15) is 4.79 Å². The van der Waals surface area contributed by atoms with Crippen LogP contribution in [0.15, 0.2) is 30.3 Å². The van der Waals surface area contributed by atoms with Crippen LogP contribution < -0.4 is 10.6 Å². The Kier molecular flexibility index (Phi) is 4.53. The number of carbonyl (C=O) groups excluding carboxylic acids is 1. The zero-order valence-electron chi connectivity index (χ0n) is 11.3. The summed E-state index contributed by atoms with van der Waals surface area (Å²) >= 11 is 6.01. The lowest BCUT2D eigenvalue weighted by molar-refractivity contribution is 0.102. The number of aromatic nitrogens is 2. The number of nitrogens with zero attached hydrogens (tertiary/aromatic N) is 2. The largest absolute Gasteiger partial charge is 0.369 e.